The molecule has 0 atom stereocenters. The van der Waals surface area contributed by atoms with Gasteiger partial charge in [-0.15, -0.1) is 13.2 Å². The topological polar surface area (TPSA) is 57.7 Å². The quantitative estimate of drug-likeness (QED) is 0.626. The fourth-order valence-corrected chi connectivity index (χ4v) is 1.38. The Morgan fingerprint density at radius 2 is 1.82 bits per heavy atom. The highest BCUT2D eigenvalue weighted by molar-refractivity contribution is 5.91. The van der Waals surface area contributed by atoms with Crippen molar-refractivity contribution in [1.29, 1.82) is 0 Å². The van der Waals surface area contributed by atoms with E-state index in [1.54, 1.807) is 0 Å². The number of alkyl halides is 6. The summed E-state index contributed by atoms with van der Waals surface area (Å²) < 4.78 is 87.8. The Hall–Kier alpha value is -2.20. The number of rotatable bonds is 4. The van der Waals surface area contributed by atoms with Crippen molar-refractivity contribution in [3.05, 3.63) is 17.3 Å². The van der Waals surface area contributed by atoms with Gasteiger partial charge in [0.15, 0.2) is 11.4 Å². The largest absolute Gasteiger partial charge is 0.573 e. The summed E-state index contributed by atoms with van der Waals surface area (Å²) in [6.07, 6.45) is -10.7. The van der Waals surface area contributed by atoms with Crippen molar-refractivity contribution in [2.75, 3.05) is 13.7 Å². The SMILES string of the molecule is CCOC(=O)c1nc(OC)cc(C(F)(F)F)c1OC(F)(F)F. The van der Waals surface area contributed by atoms with Crippen LogP contribution in [0.3, 0.4) is 0 Å². The predicted octanol–water partition coefficient (Wildman–Crippen LogP) is 3.18. The molecular formula is C11H9F6NO4. The first kappa shape index (κ1) is 17.9. The second-order valence-electron chi connectivity index (χ2n) is 3.66. The number of esters is 1. The van der Waals surface area contributed by atoms with E-state index in [-0.39, 0.29) is 12.7 Å². The Kier molecular flexibility index (Phi) is 5.09. The van der Waals surface area contributed by atoms with Crippen LogP contribution in [-0.4, -0.2) is 31.0 Å². The van der Waals surface area contributed by atoms with E-state index in [1.165, 1.54) is 6.92 Å². The fraction of sp³-hybridized carbons (Fsp3) is 0.455. The van der Waals surface area contributed by atoms with E-state index in [2.05, 4.69) is 19.2 Å². The van der Waals surface area contributed by atoms with Gasteiger partial charge >= 0.3 is 18.5 Å². The number of hydrogen-bond acceptors (Lipinski definition) is 5. The summed E-state index contributed by atoms with van der Waals surface area (Å²) in [5.41, 5.74) is -3.15. The Morgan fingerprint density at radius 1 is 1.23 bits per heavy atom. The number of aromatic nitrogens is 1. The van der Waals surface area contributed by atoms with E-state index in [0.29, 0.717) is 0 Å². The molecule has 0 fully saturated rings. The number of carbonyl (C=O) groups excluding carboxylic acids is 1. The van der Waals surface area contributed by atoms with Crippen molar-refractivity contribution in [3.63, 3.8) is 0 Å². The zero-order valence-corrected chi connectivity index (χ0v) is 11.1. The van der Waals surface area contributed by atoms with E-state index < -0.39 is 41.4 Å². The maximum absolute atomic E-state index is 12.9. The van der Waals surface area contributed by atoms with Crippen molar-refractivity contribution in [2.24, 2.45) is 0 Å². The summed E-state index contributed by atoms with van der Waals surface area (Å²) in [5, 5.41) is 0. The van der Waals surface area contributed by atoms with Crippen LogP contribution in [0.5, 0.6) is 11.6 Å². The zero-order valence-electron chi connectivity index (χ0n) is 11.1. The van der Waals surface area contributed by atoms with Gasteiger partial charge in [-0.1, -0.05) is 0 Å². The lowest BCUT2D eigenvalue weighted by atomic mass is 10.2. The summed E-state index contributed by atoms with van der Waals surface area (Å²) in [7, 11) is 0.932. The minimum atomic E-state index is -5.46. The van der Waals surface area contributed by atoms with Crippen LogP contribution in [-0.2, 0) is 10.9 Å². The molecule has 0 aliphatic rings. The minimum Gasteiger partial charge on any atom is -0.481 e. The molecule has 0 spiro atoms. The summed E-state index contributed by atoms with van der Waals surface area (Å²) in [5.74, 6) is -4.02. The summed E-state index contributed by atoms with van der Waals surface area (Å²) >= 11 is 0. The second-order valence-corrected chi connectivity index (χ2v) is 3.66. The fourth-order valence-electron chi connectivity index (χ4n) is 1.38. The number of ether oxygens (including phenoxy) is 3. The number of pyridine rings is 1. The molecule has 0 radical (unpaired) electrons. The Balaban J connectivity index is 3.59. The van der Waals surface area contributed by atoms with Gasteiger partial charge in [-0.05, 0) is 6.92 Å². The van der Waals surface area contributed by atoms with E-state index in [4.69, 9.17) is 0 Å². The lowest BCUT2D eigenvalue weighted by Crippen LogP contribution is -2.24. The van der Waals surface area contributed by atoms with Crippen LogP contribution in [0.1, 0.15) is 23.0 Å². The maximum atomic E-state index is 12.9. The van der Waals surface area contributed by atoms with E-state index >= 15 is 0 Å². The molecule has 0 aliphatic heterocycles. The average Bonchev–Trinajstić information content (AvgIpc) is 2.35. The molecular weight excluding hydrogens is 324 g/mol. The number of hydrogen-bond donors (Lipinski definition) is 0. The molecule has 0 aromatic carbocycles. The van der Waals surface area contributed by atoms with Crippen LogP contribution >= 0.6 is 0 Å². The molecule has 1 heterocycles. The highest BCUT2D eigenvalue weighted by Crippen LogP contribution is 2.41. The van der Waals surface area contributed by atoms with Crippen molar-refractivity contribution >= 4 is 5.97 Å². The van der Waals surface area contributed by atoms with Gasteiger partial charge in [-0.2, -0.15) is 13.2 Å². The third kappa shape index (κ3) is 4.40. The normalized spacial score (nSPS) is 12.0. The molecule has 0 saturated heterocycles. The highest BCUT2D eigenvalue weighted by Gasteiger charge is 2.43. The van der Waals surface area contributed by atoms with Crippen LogP contribution in [0.25, 0.3) is 0 Å². The number of methoxy groups -OCH3 is 1. The van der Waals surface area contributed by atoms with Crippen LogP contribution < -0.4 is 9.47 Å². The molecule has 0 saturated carbocycles. The molecule has 1 aromatic heterocycles. The predicted molar refractivity (Wildman–Crippen MR) is 58.4 cm³/mol. The van der Waals surface area contributed by atoms with Gasteiger partial charge in [0.1, 0.15) is 5.56 Å². The third-order valence-electron chi connectivity index (χ3n) is 2.15. The first-order valence-electron chi connectivity index (χ1n) is 5.58. The maximum Gasteiger partial charge on any atom is 0.573 e. The van der Waals surface area contributed by atoms with Gasteiger partial charge in [0.05, 0.1) is 13.7 Å². The molecule has 5 nitrogen and oxygen atoms in total. The van der Waals surface area contributed by atoms with E-state index in [9.17, 15) is 31.1 Å². The van der Waals surface area contributed by atoms with Crippen molar-refractivity contribution in [3.8, 4) is 11.6 Å². The van der Waals surface area contributed by atoms with Crippen LogP contribution in [0, 0.1) is 0 Å². The van der Waals surface area contributed by atoms with Crippen LogP contribution in [0.2, 0.25) is 0 Å². The number of halogens is 6. The number of carbonyl (C=O) groups is 1. The molecule has 124 valence electrons. The highest BCUT2D eigenvalue weighted by atomic mass is 19.4. The summed E-state index contributed by atoms with van der Waals surface area (Å²) in [6.45, 7) is 1.03. The van der Waals surface area contributed by atoms with Gasteiger partial charge in [-0.3, -0.25) is 0 Å². The number of nitrogens with zero attached hydrogens (tertiary/aromatic N) is 1. The smallest absolute Gasteiger partial charge is 0.481 e. The van der Waals surface area contributed by atoms with Gasteiger partial charge in [0.2, 0.25) is 5.88 Å². The molecule has 0 amide bonds. The Morgan fingerprint density at radius 3 is 2.23 bits per heavy atom. The van der Waals surface area contributed by atoms with Crippen molar-refractivity contribution in [1.82, 2.24) is 4.98 Å². The van der Waals surface area contributed by atoms with Crippen LogP contribution in [0.15, 0.2) is 6.07 Å². The Bertz CT molecular complexity index is 555. The summed E-state index contributed by atoms with van der Waals surface area (Å²) in [6, 6.07) is 0.184. The molecule has 0 unspecified atom stereocenters. The molecule has 0 aliphatic carbocycles. The van der Waals surface area contributed by atoms with Gasteiger partial charge < -0.3 is 14.2 Å². The Labute approximate surface area is 119 Å². The molecule has 0 bridgehead atoms. The zero-order chi connectivity index (χ0) is 17.1. The van der Waals surface area contributed by atoms with Gasteiger partial charge in [0.25, 0.3) is 0 Å². The summed E-state index contributed by atoms with van der Waals surface area (Å²) in [4.78, 5) is 14.8. The standard InChI is InChI=1S/C11H9F6NO4/c1-3-21-9(19)7-8(22-11(15,16)17)5(10(12,13)14)4-6(18-7)20-2/h4H,3H2,1-2H3. The second kappa shape index (κ2) is 6.28. The monoisotopic (exact) mass is 333 g/mol. The third-order valence-corrected chi connectivity index (χ3v) is 2.15. The molecule has 22 heavy (non-hydrogen) atoms. The average molecular weight is 333 g/mol. The van der Waals surface area contributed by atoms with E-state index in [0.717, 1.165) is 7.11 Å². The lowest BCUT2D eigenvalue weighted by molar-refractivity contribution is -0.276. The van der Waals surface area contributed by atoms with E-state index in [1.807, 2.05) is 0 Å². The first-order chi connectivity index (χ1) is 9.99. The molecule has 11 heteroatoms. The molecule has 1 rings (SSSR count). The lowest BCUT2D eigenvalue weighted by Gasteiger charge is -2.18. The van der Waals surface area contributed by atoms with Gasteiger partial charge in [0, 0.05) is 6.07 Å². The van der Waals surface area contributed by atoms with Gasteiger partial charge in [-0.25, -0.2) is 9.78 Å². The van der Waals surface area contributed by atoms with Crippen molar-refractivity contribution in [2.45, 2.75) is 19.5 Å². The van der Waals surface area contributed by atoms with Crippen molar-refractivity contribution < 1.29 is 45.3 Å². The minimum absolute atomic E-state index is 0.184. The molecule has 0 N–H and O–H groups in total. The molecule has 1 aromatic rings. The van der Waals surface area contributed by atoms with Crippen LogP contribution in [0.4, 0.5) is 26.3 Å². The first-order valence-corrected chi connectivity index (χ1v) is 5.58.